The third-order valence-electron chi connectivity index (χ3n) is 3.80. The number of hydrogen-bond donors (Lipinski definition) is 1. The molecule has 0 aromatic heterocycles. The van der Waals surface area contributed by atoms with Crippen molar-refractivity contribution in [2.24, 2.45) is 5.92 Å². The minimum absolute atomic E-state index is 0.280. The number of nitrogens with zero attached hydrogens (tertiary/aromatic N) is 1. The van der Waals surface area contributed by atoms with E-state index in [1.807, 2.05) is 0 Å². The zero-order chi connectivity index (χ0) is 13.7. The molecule has 2 rings (SSSR count). The Labute approximate surface area is 117 Å². The van der Waals surface area contributed by atoms with E-state index in [1.54, 1.807) is 0 Å². The molecule has 0 amide bonds. The molecule has 1 N–H and O–H groups in total. The Morgan fingerprint density at radius 1 is 1.16 bits per heavy atom. The zero-order valence-corrected chi connectivity index (χ0v) is 12.4. The SMILES string of the molecule is CC(C)CN(CC(O)COC1CCOCC1)C1CC1. The van der Waals surface area contributed by atoms with Gasteiger partial charge in [-0.2, -0.15) is 0 Å². The van der Waals surface area contributed by atoms with E-state index in [1.165, 1.54) is 12.8 Å². The van der Waals surface area contributed by atoms with Crippen LogP contribution >= 0.6 is 0 Å². The summed E-state index contributed by atoms with van der Waals surface area (Å²) in [5.74, 6) is 0.657. The average molecular weight is 271 g/mol. The van der Waals surface area contributed by atoms with E-state index in [9.17, 15) is 5.11 Å². The predicted octanol–water partition coefficient (Wildman–Crippen LogP) is 1.66. The predicted molar refractivity (Wildman–Crippen MR) is 75.2 cm³/mol. The molecule has 2 aliphatic rings. The molecule has 4 heteroatoms. The third-order valence-corrected chi connectivity index (χ3v) is 3.80. The van der Waals surface area contributed by atoms with Crippen molar-refractivity contribution in [1.29, 1.82) is 0 Å². The molecule has 1 saturated heterocycles. The van der Waals surface area contributed by atoms with Crippen molar-refractivity contribution in [3.05, 3.63) is 0 Å². The lowest BCUT2D eigenvalue weighted by Gasteiger charge is -2.28. The first-order valence-corrected chi connectivity index (χ1v) is 7.76. The second kappa shape index (κ2) is 7.58. The van der Waals surface area contributed by atoms with Crippen LogP contribution in [0.25, 0.3) is 0 Å². The van der Waals surface area contributed by atoms with Crippen LogP contribution < -0.4 is 0 Å². The van der Waals surface area contributed by atoms with E-state index < -0.39 is 0 Å². The normalized spacial score (nSPS) is 23.2. The summed E-state index contributed by atoms with van der Waals surface area (Å²) in [7, 11) is 0. The zero-order valence-electron chi connectivity index (χ0n) is 12.4. The smallest absolute Gasteiger partial charge is 0.0900 e. The molecule has 0 spiro atoms. The Morgan fingerprint density at radius 3 is 2.42 bits per heavy atom. The molecule has 4 nitrogen and oxygen atoms in total. The van der Waals surface area contributed by atoms with Crippen molar-refractivity contribution >= 4 is 0 Å². The summed E-state index contributed by atoms with van der Waals surface area (Å²) in [6.07, 6.45) is 4.43. The van der Waals surface area contributed by atoms with Gasteiger partial charge < -0.3 is 14.6 Å². The van der Waals surface area contributed by atoms with Gasteiger partial charge in [0, 0.05) is 32.3 Å². The Bertz CT molecular complexity index is 250. The van der Waals surface area contributed by atoms with Crippen molar-refractivity contribution in [2.45, 2.75) is 57.8 Å². The van der Waals surface area contributed by atoms with E-state index in [0.29, 0.717) is 18.6 Å². The molecule has 0 bridgehead atoms. The molecule has 0 radical (unpaired) electrons. The number of rotatable bonds is 8. The summed E-state index contributed by atoms with van der Waals surface area (Å²) in [6, 6.07) is 0.708. The summed E-state index contributed by atoms with van der Waals surface area (Å²) in [6.45, 7) is 8.36. The number of ether oxygens (including phenoxy) is 2. The van der Waals surface area contributed by atoms with Gasteiger partial charge in [-0.1, -0.05) is 13.8 Å². The lowest BCUT2D eigenvalue weighted by Crippen LogP contribution is -2.39. The van der Waals surface area contributed by atoms with Crippen LogP contribution in [0, 0.1) is 5.92 Å². The van der Waals surface area contributed by atoms with Gasteiger partial charge in [0.05, 0.1) is 18.8 Å². The second-order valence-electron chi connectivity index (χ2n) is 6.38. The lowest BCUT2D eigenvalue weighted by atomic mass is 10.1. The first kappa shape index (κ1) is 15.2. The maximum Gasteiger partial charge on any atom is 0.0900 e. The van der Waals surface area contributed by atoms with E-state index in [2.05, 4.69) is 18.7 Å². The lowest BCUT2D eigenvalue weighted by molar-refractivity contribution is -0.0649. The van der Waals surface area contributed by atoms with Crippen molar-refractivity contribution < 1.29 is 14.6 Å². The quantitative estimate of drug-likeness (QED) is 0.729. The Morgan fingerprint density at radius 2 is 1.84 bits per heavy atom. The maximum absolute atomic E-state index is 10.1. The molecule has 2 fully saturated rings. The standard InChI is InChI=1S/C15H29NO3/c1-12(2)9-16(13-3-4-13)10-14(17)11-19-15-5-7-18-8-6-15/h12-15,17H,3-11H2,1-2H3. The molecule has 19 heavy (non-hydrogen) atoms. The molecule has 1 aliphatic heterocycles. The Balaban J connectivity index is 1.65. The molecular weight excluding hydrogens is 242 g/mol. The van der Waals surface area contributed by atoms with Gasteiger partial charge in [0.15, 0.2) is 0 Å². The summed E-state index contributed by atoms with van der Waals surface area (Å²) in [5.41, 5.74) is 0. The average Bonchev–Trinajstić information content (AvgIpc) is 3.20. The highest BCUT2D eigenvalue weighted by Gasteiger charge is 2.30. The van der Waals surface area contributed by atoms with Crippen molar-refractivity contribution in [3.8, 4) is 0 Å². The summed E-state index contributed by atoms with van der Waals surface area (Å²) >= 11 is 0. The molecule has 112 valence electrons. The molecular formula is C15H29NO3. The molecule has 1 unspecified atom stereocenters. The summed E-state index contributed by atoms with van der Waals surface area (Å²) in [4.78, 5) is 2.43. The molecule has 0 aromatic rings. The van der Waals surface area contributed by atoms with Crippen molar-refractivity contribution in [1.82, 2.24) is 4.90 Å². The van der Waals surface area contributed by atoms with Gasteiger partial charge in [-0.05, 0) is 31.6 Å². The summed E-state index contributed by atoms with van der Waals surface area (Å²) in [5, 5.41) is 10.1. The van der Waals surface area contributed by atoms with Gasteiger partial charge in [0.25, 0.3) is 0 Å². The van der Waals surface area contributed by atoms with Crippen LogP contribution in [0.15, 0.2) is 0 Å². The third kappa shape index (κ3) is 5.78. The summed E-state index contributed by atoms with van der Waals surface area (Å²) < 4.78 is 11.1. The van der Waals surface area contributed by atoms with Crippen molar-refractivity contribution in [2.75, 3.05) is 32.9 Å². The molecule has 1 aliphatic carbocycles. The van der Waals surface area contributed by atoms with Crippen molar-refractivity contribution in [3.63, 3.8) is 0 Å². The topological polar surface area (TPSA) is 41.9 Å². The number of hydrogen-bond acceptors (Lipinski definition) is 4. The van der Waals surface area contributed by atoms with E-state index in [4.69, 9.17) is 9.47 Å². The molecule has 1 atom stereocenters. The van der Waals surface area contributed by atoms with E-state index in [-0.39, 0.29) is 12.2 Å². The van der Waals surface area contributed by atoms with Gasteiger partial charge in [0.1, 0.15) is 0 Å². The fourth-order valence-corrected chi connectivity index (χ4v) is 2.69. The van der Waals surface area contributed by atoms with Crippen LogP contribution in [0.4, 0.5) is 0 Å². The van der Waals surface area contributed by atoms with Crippen LogP contribution in [0.5, 0.6) is 0 Å². The minimum atomic E-state index is -0.359. The van der Waals surface area contributed by atoms with Crippen LogP contribution in [0.3, 0.4) is 0 Å². The maximum atomic E-state index is 10.1. The minimum Gasteiger partial charge on any atom is -0.389 e. The van der Waals surface area contributed by atoms with Gasteiger partial charge >= 0.3 is 0 Å². The Hall–Kier alpha value is -0.160. The van der Waals surface area contributed by atoms with Gasteiger partial charge in [-0.3, -0.25) is 4.90 Å². The second-order valence-corrected chi connectivity index (χ2v) is 6.38. The monoisotopic (exact) mass is 271 g/mol. The molecule has 1 heterocycles. The van der Waals surface area contributed by atoms with Crippen LogP contribution in [-0.4, -0.2) is 61.2 Å². The van der Waals surface area contributed by atoms with Gasteiger partial charge in [-0.25, -0.2) is 0 Å². The fraction of sp³-hybridized carbons (Fsp3) is 1.00. The largest absolute Gasteiger partial charge is 0.389 e. The van der Waals surface area contributed by atoms with Crippen LogP contribution in [0.1, 0.15) is 39.5 Å². The number of aliphatic hydroxyl groups is 1. The van der Waals surface area contributed by atoms with E-state index in [0.717, 1.165) is 39.1 Å². The van der Waals surface area contributed by atoms with E-state index >= 15 is 0 Å². The number of aliphatic hydroxyl groups excluding tert-OH is 1. The first-order valence-electron chi connectivity index (χ1n) is 7.76. The fourth-order valence-electron chi connectivity index (χ4n) is 2.69. The molecule has 1 saturated carbocycles. The highest BCUT2D eigenvalue weighted by atomic mass is 16.5. The van der Waals surface area contributed by atoms with Crippen LogP contribution in [0.2, 0.25) is 0 Å². The van der Waals surface area contributed by atoms with Gasteiger partial charge in [0.2, 0.25) is 0 Å². The van der Waals surface area contributed by atoms with Gasteiger partial charge in [-0.15, -0.1) is 0 Å². The molecule has 0 aromatic carbocycles. The Kier molecular flexibility index (Phi) is 6.07. The van der Waals surface area contributed by atoms with Crippen LogP contribution in [-0.2, 0) is 9.47 Å². The highest BCUT2D eigenvalue weighted by Crippen LogP contribution is 2.27. The first-order chi connectivity index (χ1) is 9.15. The highest BCUT2D eigenvalue weighted by molar-refractivity contribution is 4.86.